The predicted octanol–water partition coefficient (Wildman–Crippen LogP) is 5.74. The maximum Gasteiger partial charge on any atom is 0.200 e. The Morgan fingerprint density at radius 3 is 2.73 bits per heavy atom. The van der Waals surface area contributed by atoms with Crippen LogP contribution in [0.1, 0.15) is 12.6 Å². The zero-order chi connectivity index (χ0) is 17.9. The third-order valence-corrected chi connectivity index (χ3v) is 6.12. The molecule has 8 heteroatoms. The molecule has 4 rings (SSSR count). The first-order valence-electron chi connectivity index (χ1n) is 8.06. The third kappa shape index (κ3) is 3.62. The summed E-state index contributed by atoms with van der Waals surface area (Å²) in [5, 5.41) is 12.6. The second-order valence-corrected chi connectivity index (χ2v) is 8.04. The molecule has 0 amide bonds. The van der Waals surface area contributed by atoms with Crippen molar-refractivity contribution in [2.75, 3.05) is 0 Å². The minimum atomic E-state index is 0.684. The van der Waals surface area contributed by atoms with Gasteiger partial charge in [-0.1, -0.05) is 42.1 Å². The van der Waals surface area contributed by atoms with E-state index in [0.717, 1.165) is 39.5 Å². The molecule has 0 spiro atoms. The Balaban J connectivity index is 1.50. The Morgan fingerprint density at radius 2 is 2.00 bits per heavy atom. The van der Waals surface area contributed by atoms with Crippen LogP contribution in [0.4, 0.5) is 0 Å². The van der Waals surface area contributed by atoms with Crippen molar-refractivity contribution < 1.29 is 4.42 Å². The number of halogens is 1. The Bertz CT molecular complexity index is 1010. The molecule has 132 valence electrons. The second kappa shape index (κ2) is 7.77. The number of aromatic nitrogens is 4. The number of hydrogen-bond acceptors (Lipinski definition) is 6. The van der Waals surface area contributed by atoms with Gasteiger partial charge in [-0.15, -0.1) is 21.5 Å². The monoisotopic (exact) mass is 446 g/mol. The van der Waals surface area contributed by atoms with Crippen molar-refractivity contribution >= 4 is 39.0 Å². The fraction of sp³-hybridized carbons (Fsp3) is 0.167. The van der Waals surface area contributed by atoms with Crippen molar-refractivity contribution in [2.45, 2.75) is 24.4 Å². The molecule has 26 heavy (non-hydrogen) atoms. The molecular weight excluding hydrogens is 432 g/mol. The van der Waals surface area contributed by atoms with E-state index in [9.17, 15) is 0 Å². The van der Waals surface area contributed by atoms with Gasteiger partial charge < -0.3 is 4.42 Å². The number of nitrogens with zero attached hydrogens (tertiary/aromatic N) is 4. The Kier molecular flexibility index (Phi) is 5.23. The number of thioether (sulfide) groups is 1. The Hall–Kier alpha value is -1.90. The molecule has 0 aliphatic rings. The van der Waals surface area contributed by atoms with Gasteiger partial charge in [0.05, 0.1) is 5.69 Å². The molecule has 0 unspecified atom stereocenters. The highest BCUT2D eigenvalue weighted by Crippen LogP contribution is 2.30. The molecule has 3 heterocycles. The molecule has 0 aliphatic carbocycles. The molecule has 0 saturated carbocycles. The molecule has 0 aliphatic heterocycles. The number of benzene rings is 1. The molecule has 0 bridgehead atoms. The van der Waals surface area contributed by atoms with Crippen LogP contribution in [0.5, 0.6) is 0 Å². The van der Waals surface area contributed by atoms with E-state index >= 15 is 0 Å². The predicted molar refractivity (Wildman–Crippen MR) is 108 cm³/mol. The van der Waals surface area contributed by atoms with Gasteiger partial charge in [0.15, 0.2) is 15.6 Å². The van der Waals surface area contributed by atoms with Gasteiger partial charge in [-0.2, -0.15) is 0 Å². The summed E-state index contributed by atoms with van der Waals surface area (Å²) in [7, 11) is 0. The molecule has 0 saturated heterocycles. The summed E-state index contributed by atoms with van der Waals surface area (Å²) in [5.74, 6) is 2.20. The molecule has 1 aromatic carbocycles. The molecule has 0 atom stereocenters. The Labute approximate surface area is 167 Å². The van der Waals surface area contributed by atoms with Crippen LogP contribution in [0.2, 0.25) is 0 Å². The standard InChI is InChI=1S/C18H15BrN4OS2/c1-2-23-16(14-8-9-15(19)24-14)21-22-18(23)26-11-13-10-25-17(20-13)12-6-4-3-5-7-12/h3-10H,2,11H2,1H3. The van der Waals surface area contributed by atoms with Crippen LogP contribution in [0.25, 0.3) is 22.2 Å². The minimum Gasteiger partial charge on any atom is -0.446 e. The van der Waals surface area contributed by atoms with Crippen molar-refractivity contribution in [1.29, 1.82) is 0 Å². The van der Waals surface area contributed by atoms with E-state index in [0.29, 0.717) is 10.4 Å². The van der Waals surface area contributed by atoms with Gasteiger partial charge in [0, 0.05) is 23.2 Å². The molecule has 4 aromatic rings. The topological polar surface area (TPSA) is 56.7 Å². The number of thiazole rings is 1. The van der Waals surface area contributed by atoms with Gasteiger partial charge in [-0.05, 0) is 35.0 Å². The lowest BCUT2D eigenvalue weighted by molar-refractivity contribution is 0.543. The van der Waals surface area contributed by atoms with Gasteiger partial charge >= 0.3 is 0 Å². The van der Waals surface area contributed by atoms with Gasteiger partial charge in [0.1, 0.15) is 5.01 Å². The van der Waals surface area contributed by atoms with Crippen molar-refractivity contribution in [3.05, 3.63) is 58.2 Å². The second-order valence-electron chi connectivity index (χ2n) is 5.45. The molecule has 0 fully saturated rings. The van der Waals surface area contributed by atoms with Crippen LogP contribution in [0.3, 0.4) is 0 Å². The van der Waals surface area contributed by atoms with Crippen LogP contribution in [-0.4, -0.2) is 19.7 Å². The normalized spacial score (nSPS) is 11.2. The van der Waals surface area contributed by atoms with E-state index in [1.807, 2.05) is 30.3 Å². The van der Waals surface area contributed by atoms with Gasteiger partial charge in [-0.3, -0.25) is 4.57 Å². The third-order valence-electron chi connectivity index (χ3n) is 3.75. The highest BCUT2D eigenvalue weighted by atomic mass is 79.9. The van der Waals surface area contributed by atoms with Gasteiger partial charge in [-0.25, -0.2) is 4.98 Å². The van der Waals surface area contributed by atoms with Crippen molar-refractivity contribution in [1.82, 2.24) is 19.7 Å². The average molecular weight is 447 g/mol. The lowest BCUT2D eigenvalue weighted by Crippen LogP contribution is -1.99. The van der Waals surface area contributed by atoms with E-state index < -0.39 is 0 Å². The first-order chi connectivity index (χ1) is 12.7. The lowest BCUT2D eigenvalue weighted by Gasteiger charge is -2.04. The molecular formula is C18H15BrN4OS2. The maximum atomic E-state index is 5.61. The SMILES string of the molecule is CCn1c(SCc2csc(-c3ccccc3)n2)nnc1-c1ccc(Br)o1. The smallest absolute Gasteiger partial charge is 0.200 e. The van der Waals surface area contributed by atoms with Crippen LogP contribution >= 0.6 is 39.0 Å². The van der Waals surface area contributed by atoms with Crippen LogP contribution < -0.4 is 0 Å². The van der Waals surface area contributed by atoms with Crippen LogP contribution in [-0.2, 0) is 12.3 Å². The van der Waals surface area contributed by atoms with E-state index in [1.54, 1.807) is 23.1 Å². The minimum absolute atomic E-state index is 0.684. The van der Waals surface area contributed by atoms with Crippen LogP contribution in [0, 0.1) is 0 Å². The highest BCUT2D eigenvalue weighted by Gasteiger charge is 2.16. The van der Waals surface area contributed by atoms with Crippen LogP contribution in [0.15, 0.2) is 62.1 Å². The summed E-state index contributed by atoms with van der Waals surface area (Å²) in [4.78, 5) is 4.73. The number of furan rings is 1. The summed E-state index contributed by atoms with van der Waals surface area (Å²) >= 11 is 6.63. The van der Waals surface area contributed by atoms with E-state index in [4.69, 9.17) is 9.40 Å². The van der Waals surface area contributed by atoms with Crippen molar-refractivity contribution in [2.24, 2.45) is 0 Å². The van der Waals surface area contributed by atoms with Crippen molar-refractivity contribution in [3.63, 3.8) is 0 Å². The molecule has 0 N–H and O–H groups in total. The fourth-order valence-corrected chi connectivity index (χ4v) is 4.66. The average Bonchev–Trinajstić information content (AvgIpc) is 3.39. The first kappa shape index (κ1) is 17.5. The zero-order valence-electron chi connectivity index (χ0n) is 13.9. The van der Waals surface area contributed by atoms with E-state index in [2.05, 4.69) is 55.1 Å². The summed E-state index contributed by atoms with van der Waals surface area (Å²) in [6.07, 6.45) is 0. The number of rotatable bonds is 6. The van der Waals surface area contributed by atoms with Gasteiger partial charge in [0.2, 0.25) is 5.82 Å². The van der Waals surface area contributed by atoms with Gasteiger partial charge in [0.25, 0.3) is 0 Å². The first-order valence-corrected chi connectivity index (χ1v) is 10.7. The largest absolute Gasteiger partial charge is 0.446 e. The Morgan fingerprint density at radius 1 is 1.15 bits per heavy atom. The summed E-state index contributed by atoms with van der Waals surface area (Å²) in [5.41, 5.74) is 2.20. The summed E-state index contributed by atoms with van der Waals surface area (Å²) in [6, 6.07) is 14.0. The summed E-state index contributed by atoms with van der Waals surface area (Å²) < 4.78 is 8.35. The highest BCUT2D eigenvalue weighted by molar-refractivity contribution is 9.10. The quantitative estimate of drug-likeness (QED) is 0.353. The van der Waals surface area contributed by atoms with Crippen molar-refractivity contribution in [3.8, 4) is 22.2 Å². The number of hydrogen-bond donors (Lipinski definition) is 0. The lowest BCUT2D eigenvalue weighted by atomic mass is 10.2. The molecule has 5 nitrogen and oxygen atoms in total. The molecule has 3 aromatic heterocycles. The maximum absolute atomic E-state index is 5.61. The molecule has 0 radical (unpaired) electrons. The van der Waals surface area contributed by atoms with E-state index in [1.165, 1.54) is 0 Å². The fourth-order valence-electron chi connectivity index (χ4n) is 2.52. The summed E-state index contributed by atoms with van der Waals surface area (Å²) in [6.45, 7) is 2.85. The zero-order valence-corrected chi connectivity index (χ0v) is 17.1. The van der Waals surface area contributed by atoms with E-state index in [-0.39, 0.29) is 0 Å².